The highest BCUT2D eigenvalue weighted by atomic mass is 32.3. The topological polar surface area (TPSA) is 3.24 Å². The van der Waals surface area contributed by atoms with Crippen molar-refractivity contribution in [2.24, 2.45) is 0 Å². The van der Waals surface area contributed by atoms with E-state index < -0.39 is 25.5 Å². The van der Waals surface area contributed by atoms with Crippen LogP contribution >= 0.6 is 20.1 Å². The molecule has 82 heavy (non-hydrogen) atoms. The Bertz CT molecular complexity index is 4150. The maximum Gasteiger partial charge on any atom is 0.0755 e. The van der Waals surface area contributed by atoms with Crippen LogP contribution in [0.25, 0.3) is 66.8 Å². The monoisotopic (exact) mass is 1080 g/mol. The van der Waals surface area contributed by atoms with Crippen LogP contribution in [0.1, 0.15) is 55.6 Å². The van der Waals surface area contributed by atoms with Gasteiger partial charge in [0.05, 0.1) is 22.5 Å². The van der Waals surface area contributed by atoms with Gasteiger partial charge in [0, 0.05) is 39.2 Å². The molecule has 0 unspecified atom stereocenters. The number of hydrogen-bond acceptors (Lipinski definition) is 1. The first-order chi connectivity index (χ1) is 40.2. The Morgan fingerprint density at radius 2 is 0.512 bits per heavy atom. The summed E-state index contributed by atoms with van der Waals surface area (Å²) in [4.78, 5) is 14.3. The second-order valence-corrected chi connectivity index (χ2v) is 29.7. The Kier molecular flexibility index (Phi) is 9.25. The molecule has 0 saturated heterocycles. The lowest BCUT2D eigenvalue weighted by atomic mass is 9.63. The Labute approximate surface area is 483 Å². The molecule has 1 nitrogen and oxygen atoms in total. The van der Waals surface area contributed by atoms with Gasteiger partial charge in [-0.3, -0.25) is 0 Å². The fourth-order valence-electron chi connectivity index (χ4n) is 16.8. The highest BCUT2D eigenvalue weighted by Crippen LogP contribution is 2.93. The molecular weight excluding hydrogens is 1030 g/mol. The van der Waals surface area contributed by atoms with Gasteiger partial charge in [-0.15, -0.1) is 20.1 Å². The molecule has 1 aliphatic carbocycles. The molecule has 5 aliphatic heterocycles. The fourth-order valence-corrected chi connectivity index (χ4v) is 26.0. The van der Waals surface area contributed by atoms with Crippen molar-refractivity contribution in [1.29, 1.82) is 0 Å². The first-order valence-corrected chi connectivity index (χ1v) is 32.2. The van der Waals surface area contributed by atoms with Gasteiger partial charge in [-0.1, -0.05) is 176 Å². The minimum absolute atomic E-state index is 0.735. The smallest absolute Gasteiger partial charge is 0.0755 e. The number of benzene rings is 12. The van der Waals surface area contributed by atoms with Crippen molar-refractivity contribution in [3.05, 3.63) is 292 Å². The summed E-state index contributed by atoms with van der Waals surface area (Å²) in [6.07, 6.45) is 0. The van der Waals surface area contributed by atoms with Crippen molar-refractivity contribution in [2.75, 3.05) is 4.90 Å². The van der Waals surface area contributed by atoms with Crippen molar-refractivity contribution in [3.63, 3.8) is 0 Å². The van der Waals surface area contributed by atoms with Crippen molar-refractivity contribution >= 4 is 37.1 Å². The van der Waals surface area contributed by atoms with Crippen molar-refractivity contribution < 1.29 is 0 Å². The zero-order valence-electron chi connectivity index (χ0n) is 46.8. The quantitative estimate of drug-likeness (QED) is 0.170. The lowest BCUT2D eigenvalue weighted by molar-refractivity contribution is 0.738. The summed E-state index contributed by atoms with van der Waals surface area (Å²) in [7, 11) is -4.66. The summed E-state index contributed by atoms with van der Waals surface area (Å²) < 4.78 is 0. The first kappa shape index (κ1) is 46.8. The number of aryl methyl sites for hydroxylation is 6. The lowest BCUT2D eigenvalue weighted by Gasteiger charge is -2.59. The molecule has 6 aliphatic rings. The van der Waals surface area contributed by atoms with Crippen LogP contribution in [0.3, 0.4) is 0 Å². The molecule has 0 fully saturated rings. The molecule has 12 aromatic rings. The van der Waals surface area contributed by atoms with Gasteiger partial charge < -0.3 is 4.90 Å². The summed E-state index contributed by atoms with van der Waals surface area (Å²) in [5.74, 6) is 0. The van der Waals surface area contributed by atoms with E-state index in [2.05, 4.69) is 283 Å². The van der Waals surface area contributed by atoms with Crippen molar-refractivity contribution in [1.82, 2.24) is 0 Å². The molecule has 0 amide bonds. The zero-order chi connectivity index (χ0) is 54.7. The molecule has 390 valence electrons. The summed E-state index contributed by atoms with van der Waals surface area (Å²) in [5.41, 5.74) is 32.3. The van der Waals surface area contributed by atoms with E-state index in [1.54, 1.807) is 0 Å². The van der Waals surface area contributed by atoms with Gasteiger partial charge in [0.2, 0.25) is 0 Å². The van der Waals surface area contributed by atoms with Crippen LogP contribution in [0, 0.1) is 41.5 Å². The number of hydrogen-bond donors (Lipinski definition) is 0. The van der Waals surface area contributed by atoms with Crippen LogP contribution in [0.2, 0.25) is 0 Å². The van der Waals surface area contributed by atoms with Crippen LogP contribution in [0.5, 0.6) is 0 Å². The fraction of sp³-hybridized carbons (Fsp3) is 0.0886. The van der Waals surface area contributed by atoms with Crippen molar-refractivity contribution in [2.45, 2.75) is 86.1 Å². The highest BCUT2D eigenvalue weighted by Gasteiger charge is 2.62. The van der Waals surface area contributed by atoms with Crippen molar-refractivity contribution in [3.8, 4) is 66.8 Å². The normalized spacial score (nSPS) is 16.0. The number of anilines is 3. The largest absolute Gasteiger partial charge is 0.305 e. The van der Waals surface area contributed by atoms with E-state index in [4.69, 9.17) is 0 Å². The second-order valence-electron chi connectivity index (χ2n) is 23.7. The minimum Gasteiger partial charge on any atom is -0.305 e. The third-order valence-corrected chi connectivity index (χ3v) is 27.6. The molecule has 12 aromatic carbocycles. The lowest BCUT2D eigenvalue weighted by Crippen LogP contribution is -2.40. The molecule has 0 radical (unpaired) electrons. The maximum absolute atomic E-state index is 2.90. The van der Waals surface area contributed by atoms with Crippen LogP contribution in [-0.4, -0.2) is 0 Å². The molecule has 0 bridgehead atoms. The van der Waals surface area contributed by atoms with Gasteiger partial charge in [0.15, 0.2) is 0 Å². The first-order valence-electron chi connectivity index (χ1n) is 29.0. The maximum atomic E-state index is 2.90. The molecule has 3 heteroatoms. The number of nitrogens with zero attached hydrogens (tertiary/aromatic N) is 1. The minimum atomic E-state index is -2.33. The molecule has 0 saturated carbocycles. The predicted molar refractivity (Wildman–Crippen MR) is 342 cm³/mol. The van der Waals surface area contributed by atoms with Gasteiger partial charge in [0.25, 0.3) is 0 Å². The average Bonchev–Trinajstić information content (AvgIpc) is 1.31. The summed E-state index contributed by atoms with van der Waals surface area (Å²) >= 11 is 0. The van der Waals surface area contributed by atoms with E-state index in [9.17, 15) is 0 Å². The molecule has 18 rings (SSSR count). The van der Waals surface area contributed by atoms with Crippen LogP contribution in [-0.2, 0) is 5.41 Å². The Hall–Kier alpha value is -8.86. The summed E-state index contributed by atoms with van der Waals surface area (Å²) in [6, 6.07) is 94.1. The Balaban J connectivity index is 1.17. The Morgan fingerprint density at radius 3 is 0.841 bits per heavy atom. The van der Waals surface area contributed by atoms with Gasteiger partial charge in [0.1, 0.15) is 0 Å². The standard InChI is InChI=1S/C79H57NS2/c1-46-22-19-23-47(2)73(46)52-40-63-76-69(42-52)81(65-36-15-9-30-57(65)58-31-10-16-37-66(58)81)71-44-54(75-50(5)26-21-27-51(75)6)45-72-78(71)80(76)77-64(79(63)61-34-13-7-28-55(61)56-29-8-14-35-62(56)79)41-53(74-48(3)24-20-25-49(74)4)43-70(77)82(72)67-38-17-11-32-59(67)60-33-12-18-39-68(60)82/h7-45H,1-6H3. The third kappa shape index (κ3) is 5.38. The van der Waals surface area contributed by atoms with E-state index in [1.807, 2.05) is 0 Å². The van der Waals surface area contributed by atoms with Gasteiger partial charge in [-0.2, -0.15) is 0 Å². The SMILES string of the molecule is Cc1cccc(C)c1-c1cc2c3c(c1)S1(c4ccccc4-c4ccccc41)c1cc(-c4c(C)cccc4C)cc4c1N3c1c(cc(-c3c(C)cccc3C)cc1S41c3ccccc3-c3ccccc31)C21c2ccccc2-c2ccccc21. The van der Waals surface area contributed by atoms with Crippen LogP contribution < -0.4 is 4.90 Å². The molecular formula is C79H57NS2. The number of fused-ring (bicyclic) bond motifs is 21. The highest BCUT2D eigenvalue weighted by molar-refractivity contribution is 8.35. The summed E-state index contributed by atoms with van der Waals surface area (Å²) in [6.45, 7) is 14.0. The van der Waals surface area contributed by atoms with Gasteiger partial charge >= 0.3 is 0 Å². The second kappa shape index (κ2) is 16.2. The average molecular weight is 1080 g/mol. The van der Waals surface area contributed by atoms with Crippen LogP contribution in [0.4, 0.5) is 17.1 Å². The number of rotatable bonds is 3. The van der Waals surface area contributed by atoms with E-state index in [0.29, 0.717) is 0 Å². The zero-order valence-corrected chi connectivity index (χ0v) is 48.4. The Morgan fingerprint density at radius 1 is 0.244 bits per heavy atom. The molecule has 0 N–H and O–H groups in total. The molecule has 0 atom stereocenters. The van der Waals surface area contributed by atoms with E-state index >= 15 is 0 Å². The van der Waals surface area contributed by atoms with Crippen LogP contribution in [0.15, 0.2) is 276 Å². The van der Waals surface area contributed by atoms with E-state index in [0.717, 1.165) is 0 Å². The summed E-state index contributed by atoms with van der Waals surface area (Å²) in [5, 5.41) is 0. The molecule has 0 aromatic heterocycles. The van der Waals surface area contributed by atoms with Gasteiger partial charge in [-0.25, -0.2) is 0 Å². The van der Waals surface area contributed by atoms with E-state index in [1.165, 1.54) is 179 Å². The molecule has 3 spiro atoms. The predicted octanol–water partition coefficient (Wildman–Crippen LogP) is 22.0. The molecule has 5 heterocycles. The van der Waals surface area contributed by atoms with Gasteiger partial charge in [-0.05, 0) is 225 Å². The third-order valence-electron chi connectivity index (χ3n) is 19.7. The van der Waals surface area contributed by atoms with E-state index in [-0.39, 0.29) is 0 Å².